The fourth-order valence-electron chi connectivity index (χ4n) is 2.83. The quantitative estimate of drug-likeness (QED) is 0.753. The number of H-pyrrole nitrogens is 1. The van der Waals surface area contributed by atoms with Gasteiger partial charge in [-0.15, -0.1) is 0 Å². The van der Waals surface area contributed by atoms with E-state index >= 15 is 0 Å². The van der Waals surface area contributed by atoms with E-state index in [0.29, 0.717) is 0 Å². The van der Waals surface area contributed by atoms with Crippen LogP contribution < -0.4 is 10.2 Å². The largest absolute Gasteiger partial charge is 0.369 e. The first kappa shape index (κ1) is 12.3. The molecule has 21 heavy (non-hydrogen) atoms. The summed E-state index contributed by atoms with van der Waals surface area (Å²) in [4.78, 5) is 6.89. The van der Waals surface area contributed by atoms with Crippen LogP contribution in [0.25, 0.3) is 22.3 Å². The Bertz CT molecular complexity index is 758. The molecule has 1 fully saturated rings. The predicted octanol–water partition coefficient (Wildman–Crippen LogP) is 2.03. The van der Waals surface area contributed by atoms with Gasteiger partial charge in [-0.2, -0.15) is 5.10 Å². The van der Waals surface area contributed by atoms with Crippen LogP contribution in [0.1, 0.15) is 0 Å². The highest BCUT2D eigenvalue weighted by molar-refractivity contribution is 5.92. The Hall–Kier alpha value is -2.40. The number of nitrogens with zero attached hydrogens (tertiary/aromatic N) is 3. The molecule has 1 aliphatic heterocycles. The Morgan fingerprint density at radius 2 is 1.90 bits per heavy atom. The number of nitrogens with one attached hydrogen (secondary N) is 2. The van der Waals surface area contributed by atoms with E-state index < -0.39 is 0 Å². The van der Waals surface area contributed by atoms with Crippen LogP contribution in [-0.4, -0.2) is 41.4 Å². The molecule has 1 saturated heterocycles. The summed E-state index contributed by atoms with van der Waals surface area (Å²) in [5, 5.41) is 12.0. The summed E-state index contributed by atoms with van der Waals surface area (Å²) >= 11 is 0. The van der Waals surface area contributed by atoms with E-state index in [9.17, 15) is 0 Å². The fourth-order valence-corrected chi connectivity index (χ4v) is 2.83. The van der Waals surface area contributed by atoms with Crippen molar-refractivity contribution < 1.29 is 0 Å². The van der Waals surface area contributed by atoms with E-state index in [1.54, 1.807) is 0 Å². The average Bonchev–Trinajstić information content (AvgIpc) is 3.00. The summed E-state index contributed by atoms with van der Waals surface area (Å²) < 4.78 is 0. The number of aromatic amines is 1. The molecule has 0 radical (unpaired) electrons. The molecule has 106 valence electrons. The maximum absolute atomic E-state index is 4.50. The zero-order valence-electron chi connectivity index (χ0n) is 11.7. The Morgan fingerprint density at radius 3 is 2.81 bits per heavy atom. The van der Waals surface area contributed by atoms with E-state index in [1.165, 1.54) is 5.69 Å². The molecular weight excluding hydrogens is 262 g/mol. The van der Waals surface area contributed by atoms with Crippen LogP contribution in [0.4, 0.5) is 5.69 Å². The molecule has 0 unspecified atom stereocenters. The third-order valence-electron chi connectivity index (χ3n) is 3.94. The Morgan fingerprint density at radius 1 is 1.05 bits per heavy atom. The number of rotatable bonds is 2. The minimum absolute atomic E-state index is 0.919. The highest BCUT2D eigenvalue weighted by Gasteiger charge is 2.13. The van der Waals surface area contributed by atoms with Crippen LogP contribution in [0.15, 0.2) is 42.6 Å². The highest BCUT2D eigenvalue weighted by Crippen LogP contribution is 2.27. The highest BCUT2D eigenvalue weighted by atomic mass is 15.2. The SMILES string of the molecule is c1ccc2c(-c3cc(N4CCNCC4)ccn3)n[nH]c2c1. The van der Waals surface area contributed by atoms with Crippen molar-refractivity contribution in [1.29, 1.82) is 0 Å². The van der Waals surface area contributed by atoms with Crippen molar-refractivity contribution in [3.63, 3.8) is 0 Å². The molecule has 3 heterocycles. The van der Waals surface area contributed by atoms with Gasteiger partial charge in [-0.3, -0.25) is 10.1 Å². The standard InChI is InChI=1S/C16H17N5/c1-2-4-14-13(3-1)16(20-19-14)15-11-12(5-6-18-15)21-9-7-17-8-10-21/h1-6,11,17H,7-10H2,(H,19,20). The Balaban J connectivity index is 1.75. The summed E-state index contributed by atoms with van der Waals surface area (Å²) in [6.07, 6.45) is 1.87. The van der Waals surface area contributed by atoms with Gasteiger partial charge in [0.05, 0.1) is 11.2 Å². The molecule has 0 saturated carbocycles. The van der Waals surface area contributed by atoms with Crippen molar-refractivity contribution in [2.45, 2.75) is 0 Å². The smallest absolute Gasteiger partial charge is 0.118 e. The fraction of sp³-hybridized carbons (Fsp3) is 0.250. The van der Waals surface area contributed by atoms with Crippen molar-refractivity contribution in [2.75, 3.05) is 31.1 Å². The van der Waals surface area contributed by atoms with Gasteiger partial charge in [0, 0.05) is 43.4 Å². The molecule has 0 atom stereocenters. The van der Waals surface area contributed by atoms with Gasteiger partial charge in [0.25, 0.3) is 0 Å². The van der Waals surface area contributed by atoms with E-state index in [-0.39, 0.29) is 0 Å². The zero-order valence-corrected chi connectivity index (χ0v) is 11.7. The van der Waals surface area contributed by atoms with Crippen molar-refractivity contribution >= 4 is 16.6 Å². The van der Waals surface area contributed by atoms with E-state index in [1.807, 2.05) is 24.4 Å². The van der Waals surface area contributed by atoms with Gasteiger partial charge in [0.2, 0.25) is 0 Å². The number of para-hydroxylation sites is 1. The molecule has 0 aliphatic carbocycles. The van der Waals surface area contributed by atoms with Gasteiger partial charge in [0.1, 0.15) is 5.69 Å². The molecule has 0 spiro atoms. The van der Waals surface area contributed by atoms with Crippen molar-refractivity contribution in [3.05, 3.63) is 42.6 Å². The normalized spacial score (nSPS) is 15.5. The molecule has 0 amide bonds. The number of hydrogen-bond acceptors (Lipinski definition) is 4. The molecule has 5 heteroatoms. The Labute approximate surface area is 123 Å². The van der Waals surface area contributed by atoms with Crippen LogP contribution in [0, 0.1) is 0 Å². The van der Waals surface area contributed by atoms with Crippen molar-refractivity contribution in [3.8, 4) is 11.4 Å². The molecular formula is C16H17N5. The molecule has 2 aromatic heterocycles. The Kier molecular flexibility index (Phi) is 3.05. The lowest BCUT2D eigenvalue weighted by Gasteiger charge is -2.29. The van der Waals surface area contributed by atoms with Crippen LogP contribution >= 0.6 is 0 Å². The lowest BCUT2D eigenvalue weighted by molar-refractivity contribution is 0.589. The number of fused-ring (bicyclic) bond motifs is 1. The van der Waals surface area contributed by atoms with Crippen molar-refractivity contribution in [2.24, 2.45) is 0 Å². The van der Waals surface area contributed by atoms with Gasteiger partial charge >= 0.3 is 0 Å². The molecule has 5 nitrogen and oxygen atoms in total. The molecule has 0 bridgehead atoms. The lowest BCUT2D eigenvalue weighted by atomic mass is 10.1. The summed E-state index contributed by atoms with van der Waals surface area (Å²) in [6.45, 7) is 4.13. The van der Waals surface area contributed by atoms with Crippen LogP contribution in [-0.2, 0) is 0 Å². The van der Waals surface area contributed by atoms with E-state index in [2.05, 4.69) is 43.6 Å². The van der Waals surface area contributed by atoms with E-state index in [0.717, 1.165) is 48.5 Å². The minimum atomic E-state index is 0.919. The average molecular weight is 279 g/mol. The topological polar surface area (TPSA) is 56.8 Å². The van der Waals surface area contributed by atoms with Gasteiger partial charge in [0.15, 0.2) is 0 Å². The number of piperazine rings is 1. The van der Waals surface area contributed by atoms with E-state index in [4.69, 9.17) is 0 Å². The molecule has 4 rings (SSSR count). The summed E-state index contributed by atoms with van der Waals surface area (Å²) in [5.74, 6) is 0. The lowest BCUT2D eigenvalue weighted by Crippen LogP contribution is -2.43. The predicted molar refractivity (Wildman–Crippen MR) is 84.4 cm³/mol. The molecule has 1 aliphatic rings. The molecule has 2 N–H and O–H groups in total. The number of hydrogen-bond donors (Lipinski definition) is 2. The maximum Gasteiger partial charge on any atom is 0.118 e. The third kappa shape index (κ3) is 2.25. The second-order valence-electron chi connectivity index (χ2n) is 5.25. The number of anilines is 1. The minimum Gasteiger partial charge on any atom is -0.369 e. The van der Waals surface area contributed by atoms with Gasteiger partial charge < -0.3 is 10.2 Å². The number of aromatic nitrogens is 3. The first-order valence-corrected chi connectivity index (χ1v) is 7.27. The van der Waals surface area contributed by atoms with Gasteiger partial charge in [-0.1, -0.05) is 18.2 Å². The van der Waals surface area contributed by atoms with Gasteiger partial charge in [-0.05, 0) is 18.2 Å². The number of pyridine rings is 1. The van der Waals surface area contributed by atoms with Gasteiger partial charge in [-0.25, -0.2) is 0 Å². The summed E-state index contributed by atoms with van der Waals surface area (Å²) in [7, 11) is 0. The molecule has 1 aromatic carbocycles. The first-order valence-electron chi connectivity index (χ1n) is 7.27. The monoisotopic (exact) mass is 279 g/mol. The second kappa shape index (κ2) is 5.18. The summed E-state index contributed by atoms with van der Waals surface area (Å²) in [6, 6.07) is 12.4. The van der Waals surface area contributed by atoms with Crippen molar-refractivity contribution in [1.82, 2.24) is 20.5 Å². The summed E-state index contributed by atoms with van der Waals surface area (Å²) in [5.41, 5.74) is 4.10. The van der Waals surface area contributed by atoms with Crippen LogP contribution in [0.3, 0.4) is 0 Å². The number of benzene rings is 1. The zero-order chi connectivity index (χ0) is 14.1. The third-order valence-corrected chi connectivity index (χ3v) is 3.94. The van der Waals surface area contributed by atoms with Crippen LogP contribution in [0.5, 0.6) is 0 Å². The van der Waals surface area contributed by atoms with Crippen LogP contribution in [0.2, 0.25) is 0 Å². The maximum atomic E-state index is 4.50. The molecule has 3 aromatic rings. The second-order valence-corrected chi connectivity index (χ2v) is 5.25. The first-order chi connectivity index (χ1) is 10.4.